The Labute approximate surface area is 100 Å². The highest BCUT2D eigenvalue weighted by Crippen LogP contribution is 2.25. The van der Waals surface area contributed by atoms with E-state index in [1.807, 2.05) is 13.1 Å². The highest BCUT2D eigenvalue weighted by Gasteiger charge is 2.26. The maximum Gasteiger partial charge on any atom is 0.294 e. The molecule has 1 aliphatic heterocycles. The van der Waals surface area contributed by atoms with Crippen LogP contribution in [0.15, 0.2) is 29.2 Å². The molecular formula is C11H14NO4S+. The number of hydrogen-bond donors (Lipinski definition) is 1. The summed E-state index contributed by atoms with van der Waals surface area (Å²) in [5, 5.41) is 0. The minimum atomic E-state index is -4.15. The average molecular weight is 256 g/mol. The Balaban J connectivity index is 2.24. The lowest BCUT2D eigenvalue weighted by atomic mass is 10.1. The van der Waals surface area contributed by atoms with Gasteiger partial charge in [0.2, 0.25) is 6.10 Å². The number of nitrogens with zero attached hydrogens (tertiary/aromatic N) is 1. The molecule has 0 aromatic heterocycles. The third-order valence-corrected chi connectivity index (χ3v) is 3.47. The van der Waals surface area contributed by atoms with Crippen molar-refractivity contribution in [1.82, 2.24) is 0 Å². The molecule has 0 radical (unpaired) electrons. The van der Waals surface area contributed by atoms with Gasteiger partial charge in [0.1, 0.15) is 0 Å². The molecule has 0 bridgehead atoms. The molecule has 17 heavy (non-hydrogen) atoms. The van der Waals surface area contributed by atoms with Gasteiger partial charge in [-0.25, -0.2) is 0 Å². The first-order valence-corrected chi connectivity index (χ1v) is 6.79. The third kappa shape index (κ3) is 2.65. The molecule has 0 saturated carbocycles. The molecule has 1 aliphatic rings. The fourth-order valence-electron chi connectivity index (χ4n) is 1.74. The van der Waals surface area contributed by atoms with Crippen molar-refractivity contribution in [2.75, 3.05) is 6.54 Å². The van der Waals surface area contributed by atoms with Crippen LogP contribution in [0.1, 0.15) is 25.0 Å². The molecule has 1 unspecified atom stereocenters. The molecule has 0 spiro atoms. The molecule has 0 fully saturated rings. The predicted octanol–water partition coefficient (Wildman–Crippen LogP) is 1.41. The lowest BCUT2D eigenvalue weighted by molar-refractivity contribution is -0.783. The molecule has 1 N–H and O–H groups in total. The number of rotatable bonds is 3. The molecule has 6 heteroatoms. The first-order chi connectivity index (χ1) is 8.00. The van der Waals surface area contributed by atoms with Crippen molar-refractivity contribution in [1.29, 1.82) is 0 Å². The monoisotopic (exact) mass is 256 g/mol. The Morgan fingerprint density at radius 2 is 2.29 bits per heavy atom. The summed E-state index contributed by atoms with van der Waals surface area (Å²) in [6, 6.07) is 6.17. The molecule has 1 aromatic rings. The topological polar surface area (TPSA) is 66.6 Å². The molecule has 0 amide bonds. The van der Waals surface area contributed by atoms with Crippen molar-refractivity contribution in [3.63, 3.8) is 0 Å². The molecule has 5 nitrogen and oxygen atoms in total. The summed E-state index contributed by atoms with van der Waals surface area (Å²) in [7, 11) is -4.15. The van der Waals surface area contributed by atoms with Gasteiger partial charge in [0, 0.05) is 5.56 Å². The van der Waals surface area contributed by atoms with Crippen LogP contribution in [0.5, 0.6) is 0 Å². The Morgan fingerprint density at radius 1 is 1.53 bits per heavy atom. The molecule has 0 aliphatic carbocycles. The van der Waals surface area contributed by atoms with E-state index in [9.17, 15) is 8.42 Å². The van der Waals surface area contributed by atoms with Gasteiger partial charge in [0.15, 0.2) is 12.8 Å². The number of benzene rings is 1. The number of hydrogen-bond acceptors (Lipinski definition) is 3. The van der Waals surface area contributed by atoms with Crippen LogP contribution in [-0.2, 0) is 15.0 Å². The lowest BCUT2D eigenvalue weighted by Gasteiger charge is -2.07. The maximum absolute atomic E-state index is 11.0. The smallest absolute Gasteiger partial charge is 0.282 e. The van der Waals surface area contributed by atoms with Crippen LogP contribution >= 0.6 is 0 Å². The van der Waals surface area contributed by atoms with E-state index in [4.69, 9.17) is 9.39 Å². The summed E-state index contributed by atoms with van der Waals surface area (Å²) in [6.07, 6.45) is 2.43. The fourth-order valence-corrected chi connectivity index (χ4v) is 2.27. The average Bonchev–Trinajstić information content (AvgIpc) is 2.76. The lowest BCUT2D eigenvalue weighted by Crippen LogP contribution is -2.08. The van der Waals surface area contributed by atoms with Crippen LogP contribution in [0.3, 0.4) is 0 Å². The first kappa shape index (κ1) is 12.1. The molecule has 1 heterocycles. The van der Waals surface area contributed by atoms with Gasteiger partial charge in [-0.05, 0) is 23.8 Å². The zero-order chi connectivity index (χ0) is 12.5. The van der Waals surface area contributed by atoms with E-state index in [1.165, 1.54) is 12.1 Å². The van der Waals surface area contributed by atoms with Crippen molar-refractivity contribution in [3.8, 4) is 0 Å². The molecule has 92 valence electrons. The SMILES string of the molecule is CC[N+]1=CCC(c2cccc(S(=O)(=O)O)c2)O1. The van der Waals surface area contributed by atoms with Crippen LogP contribution in [0.2, 0.25) is 0 Å². The largest absolute Gasteiger partial charge is 0.294 e. The highest BCUT2D eigenvalue weighted by molar-refractivity contribution is 7.85. The Hall–Kier alpha value is -1.40. The zero-order valence-electron chi connectivity index (χ0n) is 9.41. The molecule has 1 aromatic carbocycles. The first-order valence-electron chi connectivity index (χ1n) is 5.35. The summed E-state index contributed by atoms with van der Waals surface area (Å²) >= 11 is 0. The van der Waals surface area contributed by atoms with Crippen molar-refractivity contribution < 1.29 is 22.5 Å². The summed E-state index contributed by atoms with van der Waals surface area (Å²) < 4.78 is 32.7. The van der Waals surface area contributed by atoms with Gasteiger partial charge in [-0.15, -0.1) is 0 Å². The zero-order valence-corrected chi connectivity index (χ0v) is 10.2. The Morgan fingerprint density at radius 3 is 2.88 bits per heavy atom. The second-order valence-corrected chi connectivity index (χ2v) is 5.21. The van der Waals surface area contributed by atoms with Gasteiger partial charge in [0.05, 0.1) is 11.3 Å². The minimum Gasteiger partial charge on any atom is -0.282 e. The van der Waals surface area contributed by atoms with E-state index >= 15 is 0 Å². The fraction of sp³-hybridized carbons (Fsp3) is 0.364. The van der Waals surface area contributed by atoms with Crippen molar-refractivity contribution >= 4 is 16.3 Å². The summed E-state index contributed by atoms with van der Waals surface area (Å²) in [5.41, 5.74) is 0.743. The maximum atomic E-state index is 11.0. The van der Waals surface area contributed by atoms with Crippen molar-refractivity contribution in [2.24, 2.45) is 0 Å². The van der Waals surface area contributed by atoms with Gasteiger partial charge < -0.3 is 0 Å². The van der Waals surface area contributed by atoms with Crippen LogP contribution in [0.25, 0.3) is 0 Å². The Kier molecular flexibility index (Phi) is 3.17. The molecule has 2 rings (SSSR count). The van der Waals surface area contributed by atoms with E-state index in [-0.39, 0.29) is 11.0 Å². The van der Waals surface area contributed by atoms with Crippen LogP contribution in [-0.4, -0.2) is 30.5 Å². The third-order valence-electron chi connectivity index (χ3n) is 2.63. The molecule has 1 atom stereocenters. The normalized spacial score (nSPS) is 19.9. The summed E-state index contributed by atoms with van der Waals surface area (Å²) in [4.78, 5) is 5.46. The van der Waals surface area contributed by atoms with E-state index in [0.29, 0.717) is 6.42 Å². The van der Waals surface area contributed by atoms with E-state index in [2.05, 4.69) is 0 Å². The van der Waals surface area contributed by atoms with Gasteiger partial charge >= 0.3 is 0 Å². The second-order valence-electron chi connectivity index (χ2n) is 3.79. The van der Waals surface area contributed by atoms with Crippen LogP contribution in [0.4, 0.5) is 0 Å². The van der Waals surface area contributed by atoms with Gasteiger partial charge in [-0.3, -0.25) is 9.39 Å². The quantitative estimate of drug-likeness (QED) is 0.656. The second kappa shape index (κ2) is 4.46. The predicted molar refractivity (Wildman–Crippen MR) is 61.6 cm³/mol. The summed E-state index contributed by atoms with van der Waals surface area (Å²) in [6.45, 7) is 2.71. The van der Waals surface area contributed by atoms with Crippen LogP contribution in [0, 0.1) is 0 Å². The number of hydroxylamine groups is 1. The highest BCUT2D eigenvalue weighted by atomic mass is 32.2. The Bertz CT molecular complexity index is 550. The van der Waals surface area contributed by atoms with Gasteiger partial charge in [-0.2, -0.15) is 8.42 Å². The summed E-state index contributed by atoms with van der Waals surface area (Å²) in [5.74, 6) is 0. The molecular weight excluding hydrogens is 242 g/mol. The van der Waals surface area contributed by atoms with Crippen LogP contribution < -0.4 is 0 Å². The minimum absolute atomic E-state index is 0.103. The standard InChI is InChI=1S/C11H13NO4S/c1-2-12-7-6-11(16-12)9-4-3-5-10(8-9)17(13,14)15/h3-5,7-8,11H,2,6H2,1H3/p+1. The van der Waals surface area contributed by atoms with Gasteiger partial charge in [-0.1, -0.05) is 12.1 Å². The van der Waals surface area contributed by atoms with E-state index in [0.717, 1.165) is 12.1 Å². The van der Waals surface area contributed by atoms with Crippen molar-refractivity contribution in [2.45, 2.75) is 24.3 Å². The van der Waals surface area contributed by atoms with Crippen molar-refractivity contribution in [3.05, 3.63) is 29.8 Å². The van der Waals surface area contributed by atoms with E-state index in [1.54, 1.807) is 16.9 Å². The molecule has 0 saturated heterocycles. The van der Waals surface area contributed by atoms with Gasteiger partial charge in [0.25, 0.3) is 10.1 Å². The van der Waals surface area contributed by atoms with E-state index < -0.39 is 10.1 Å².